The lowest BCUT2D eigenvalue weighted by atomic mass is 9.91. The number of hydrogen-bond donors (Lipinski definition) is 0. The highest BCUT2D eigenvalue weighted by Gasteiger charge is 2.35. The van der Waals surface area contributed by atoms with Crippen LogP contribution in [0.3, 0.4) is 0 Å². The van der Waals surface area contributed by atoms with Gasteiger partial charge in [0.15, 0.2) is 0 Å². The summed E-state index contributed by atoms with van der Waals surface area (Å²) in [6, 6.07) is 5.98. The number of methoxy groups -OCH3 is 1. The van der Waals surface area contributed by atoms with Crippen molar-refractivity contribution in [3.63, 3.8) is 0 Å². The highest BCUT2D eigenvalue weighted by molar-refractivity contribution is 6.20. The van der Waals surface area contributed by atoms with Crippen LogP contribution in [0.2, 0.25) is 0 Å². The van der Waals surface area contributed by atoms with E-state index >= 15 is 0 Å². The summed E-state index contributed by atoms with van der Waals surface area (Å²) in [6.07, 6.45) is 3.71. The van der Waals surface area contributed by atoms with Gasteiger partial charge >= 0.3 is 0 Å². The monoisotopic (exact) mass is 268 g/mol. The highest BCUT2D eigenvalue weighted by Crippen LogP contribution is 2.38. The first kappa shape index (κ1) is 13.5. The second kappa shape index (κ2) is 5.40. The molecule has 1 unspecified atom stereocenters. The number of halogens is 1. The van der Waals surface area contributed by atoms with Crippen molar-refractivity contribution >= 4 is 11.6 Å². The SMILES string of the molecule is CCC1(CC)CC(Cl)Cc2cc(OC)ccc2O1. The fourth-order valence-electron chi connectivity index (χ4n) is 2.61. The summed E-state index contributed by atoms with van der Waals surface area (Å²) in [7, 11) is 1.68. The van der Waals surface area contributed by atoms with Gasteiger partial charge in [0.25, 0.3) is 0 Å². The van der Waals surface area contributed by atoms with E-state index in [2.05, 4.69) is 13.8 Å². The Morgan fingerprint density at radius 2 is 2.11 bits per heavy atom. The Morgan fingerprint density at radius 3 is 2.72 bits per heavy atom. The van der Waals surface area contributed by atoms with E-state index in [1.54, 1.807) is 7.11 Å². The van der Waals surface area contributed by atoms with E-state index in [9.17, 15) is 0 Å². The molecule has 3 heteroatoms. The molecule has 1 heterocycles. The molecule has 0 radical (unpaired) electrons. The smallest absolute Gasteiger partial charge is 0.123 e. The number of alkyl halides is 1. The van der Waals surface area contributed by atoms with Gasteiger partial charge in [-0.15, -0.1) is 11.6 Å². The lowest BCUT2D eigenvalue weighted by Crippen LogP contribution is -2.36. The van der Waals surface area contributed by atoms with Crippen LogP contribution in [-0.4, -0.2) is 18.1 Å². The largest absolute Gasteiger partial charge is 0.497 e. The molecule has 0 saturated carbocycles. The molecule has 0 aromatic heterocycles. The maximum absolute atomic E-state index is 6.47. The molecule has 1 aromatic carbocycles. The minimum atomic E-state index is -0.119. The van der Waals surface area contributed by atoms with Crippen LogP contribution >= 0.6 is 11.6 Å². The number of benzene rings is 1. The van der Waals surface area contributed by atoms with Crippen LogP contribution in [0.5, 0.6) is 11.5 Å². The molecule has 100 valence electrons. The quantitative estimate of drug-likeness (QED) is 0.766. The van der Waals surface area contributed by atoms with Crippen LogP contribution in [0.15, 0.2) is 18.2 Å². The number of rotatable bonds is 3. The molecule has 0 saturated heterocycles. The minimum Gasteiger partial charge on any atom is -0.497 e. The maximum Gasteiger partial charge on any atom is 0.123 e. The summed E-state index contributed by atoms with van der Waals surface area (Å²) in [6.45, 7) is 4.34. The highest BCUT2D eigenvalue weighted by atomic mass is 35.5. The molecule has 2 rings (SSSR count). The van der Waals surface area contributed by atoms with Gasteiger partial charge in [-0.2, -0.15) is 0 Å². The van der Waals surface area contributed by atoms with E-state index in [0.717, 1.165) is 42.7 Å². The van der Waals surface area contributed by atoms with Gasteiger partial charge in [-0.25, -0.2) is 0 Å². The van der Waals surface area contributed by atoms with Crippen molar-refractivity contribution in [3.05, 3.63) is 23.8 Å². The van der Waals surface area contributed by atoms with Crippen molar-refractivity contribution in [1.29, 1.82) is 0 Å². The molecule has 1 aromatic rings. The zero-order valence-electron chi connectivity index (χ0n) is 11.3. The van der Waals surface area contributed by atoms with Crippen LogP contribution in [0.4, 0.5) is 0 Å². The zero-order valence-corrected chi connectivity index (χ0v) is 12.1. The van der Waals surface area contributed by atoms with Gasteiger partial charge < -0.3 is 9.47 Å². The number of fused-ring (bicyclic) bond motifs is 1. The van der Waals surface area contributed by atoms with Gasteiger partial charge in [0.1, 0.15) is 17.1 Å². The summed E-state index contributed by atoms with van der Waals surface area (Å²) in [5, 5.41) is 0.123. The van der Waals surface area contributed by atoms with Gasteiger partial charge in [-0.1, -0.05) is 13.8 Å². The van der Waals surface area contributed by atoms with Crippen molar-refractivity contribution in [3.8, 4) is 11.5 Å². The maximum atomic E-state index is 6.47. The predicted octanol–water partition coefficient (Wildman–Crippen LogP) is 4.19. The Morgan fingerprint density at radius 1 is 1.39 bits per heavy atom. The Balaban J connectivity index is 2.38. The van der Waals surface area contributed by atoms with Crippen molar-refractivity contribution < 1.29 is 9.47 Å². The van der Waals surface area contributed by atoms with Crippen molar-refractivity contribution in [1.82, 2.24) is 0 Å². The van der Waals surface area contributed by atoms with Crippen molar-refractivity contribution in [2.24, 2.45) is 0 Å². The third kappa shape index (κ3) is 2.59. The van der Waals surface area contributed by atoms with Crippen LogP contribution in [0.1, 0.15) is 38.7 Å². The van der Waals surface area contributed by atoms with Crippen LogP contribution in [-0.2, 0) is 6.42 Å². The molecule has 1 aliphatic heterocycles. The molecule has 0 bridgehead atoms. The molecular formula is C15H21ClO2. The topological polar surface area (TPSA) is 18.5 Å². The third-order valence-corrected chi connectivity index (χ3v) is 4.23. The second-order valence-electron chi connectivity index (χ2n) is 4.97. The summed E-state index contributed by atoms with van der Waals surface area (Å²) < 4.78 is 11.5. The van der Waals surface area contributed by atoms with E-state index < -0.39 is 0 Å². The first-order valence-electron chi connectivity index (χ1n) is 6.62. The van der Waals surface area contributed by atoms with E-state index in [1.165, 1.54) is 0 Å². The lowest BCUT2D eigenvalue weighted by Gasteiger charge is -2.32. The fourth-order valence-corrected chi connectivity index (χ4v) is 3.06. The van der Waals surface area contributed by atoms with Gasteiger partial charge in [0.05, 0.1) is 7.11 Å². The standard InChI is InChI=1S/C15H21ClO2/c1-4-15(5-2)10-12(16)8-11-9-13(17-3)6-7-14(11)18-15/h6-7,9,12H,4-5,8,10H2,1-3H3. The molecule has 1 atom stereocenters. The van der Waals surface area contributed by atoms with Gasteiger partial charge in [0, 0.05) is 11.8 Å². The average molecular weight is 269 g/mol. The molecule has 0 N–H and O–H groups in total. The zero-order chi connectivity index (χ0) is 13.2. The number of hydrogen-bond acceptors (Lipinski definition) is 2. The Bertz CT molecular complexity index is 413. The van der Waals surface area contributed by atoms with Crippen LogP contribution in [0, 0.1) is 0 Å². The summed E-state index contributed by atoms with van der Waals surface area (Å²) in [4.78, 5) is 0. The van der Waals surface area contributed by atoms with Gasteiger partial charge in [0.2, 0.25) is 0 Å². The molecule has 0 spiro atoms. The number of ether oxygens (including phenoxy) is 2. The van der Waals surface area contributed by atoms with Gasteiger partial charge in [-0.05, 0) is 43.0 Å². The van der Waals surface area contributed by atoms with Crippen LogP contribution in [0.25, 0.3) is 0 Å². The molecule has 1 aliphatic rings. The summed E-state index contributed by atoms with van der Waals surface area (Å²) >= 11 is 6.47. The van der Waals surface area contributed by atoms with E-state index in [4.69, 9.17) is 21.1 Å². The van der Waals surface area contributed by atoms with Crippen molar-refractivity contribution in [2.75, 3.05) is 7.11 Å². The van der Waals surface area contributed by atoms with E-state index in [1.807, 2.05) is 18.2 Å². The molecule has 0 amide bonds. The minimum absolute atomic E-state index is 0.119. The first-order chi connectivity index (χ1) is 8.62. The molecule has 0 fully saturated rings. The van der Waals surface area contributed by atoms with Gasteiger partial charge in [-0.3, -0.25) is 0 Å². The molecular weight excluding hydrogens is 248 g/mol. The first-order valence-corrected chi connectivity index (χ1v) is 7.06. The fraction of sp³-hybridized carbons (Fsp3) is 0.600. The second-order valence-corrected chi connectivity index (χ2v) is 5.59. The Labute approximate surface area is 114 Å². The normalized spacial score (nSPS) is 21.7. The Hall–Kier alpha value is -0.890. The third-order valence-electron chi connectivity index (χ3n) is 3.92. The summed E-state index contributed by atoms with van der Waals surface area (Å²) in [5.41, 5.74) is 1.03. The molecule has 2 nitrogen and oxygen atoms in total. The molecule has 18 heavy (non-hydrogen) atoms. The average Bonchev–Trinajstić information content (AvgIpc) is 2.53. The van der Waals surface area contributed by atoms with Crippen molar-refractivity contribution in [2.45, 2.75) is 50.5 Å². The molecule has 0 aliphatic carbocycles. The summed E-state index contributed by atoms with van der Waals surface area (Å²) in [5.74, 6) is 1.82. The Kier molecular flexibility index (Phi) is 4.06. The van der Waals surface area contributed by atoms with Crippen LogP contribution < -0.4 is 9.47 Å². The lowest BCUT2D eigenvalue weighted by molar-refractivity contribution is 0.0552. The predicted molar refractivity (Wildman–Crippen MR) is 74.9 cm³/mol. The van der Waals surface area contributed by atoms with E-state index in [0.29, 0.717) is 0 Å². The van der Waals surface area contributed by atoms with E-state index in [-0.39, 0.29) is 11.0 Å².